The minimum absolute atomic E-state index is 0.120. The number of halogens is 2. The highest BCUT2D eigenvalue weighted by Gasteiger charge is 2.16. The van der Waals surface area contributed by atoms with Crippen molar-refractivity contribution in [3.8, 4) is 5.75 Å². The Labute approximate surface area is 127 Å². The van der Waals surface area contributed by atoms with Crippen molar-refractivity contribution in [2.75, 3.05) is 4.72 Å². The molecule has 2 aromatic carbocycles. The lowest BCUT2D eigenvalue weighted by Gasteiger charge is -2.10. The van der Waals surface area contributed by atoms with Gasteiger partial charge >= 0.3 is 0 Å². The van der Waals surface area contributed by atoms with Crippen LogP contribution in [0.25, 0.3) is 0 Å². The van der Waals surface area contributed by atoms with Crippen LogP contribution in [-0.2, 0) is 10.0 Å². The van der Waals surface area contributed by atoms with Crippen LogP contribution in [0.5, 0.6) is 5.75 Å². The molecule has 4 nitrogen and oxygen atoms in total. The zero-order valence-corrected chi connectivity index (χ0v) is 13.5. The summed E-state index contributed by atoms with van der Waals surface area (Å²) in [6, 6.07) is 10.9. The number of rotatable bonds is 3. The fraction of sp³-hybridized carbons (Fsp3) is 0. The third-order valence-corrected chi connectivity index (χ3v) is 4.91. The van der Waals surface area contributed by atoms with Gasteiger partial charge in [-0.2, -0.15) is 0 Å². The van der Waals surface area contributed by atoms with Gasteiger partial charge < -0.3 is 5.11 Å². The van der Waals surface area contributed by atoms with E-state index in [2.05, 4.69) is 36.6 Å². The van der Waals surface area contributed by atoms with Crippen LogP contribution >= 0.6 is 31.9 Å². The number of hydrogen-bond donors (Lipinski definition) is 2. The maximum atomic E-state index is 12.1. The molecule has 19 heavy (non-hydrogen) atoms. The Kier molecular flexibility index (Phi) is 4.17. The summed E-state index contributed by atoms with van der Waals surface area (Å²) in [6.07, 6.45) is 0. The number of anilines is 1. The third-order valence-electron chi connectivity index (χ3n) is 2.36. The summed E-state index contributed by atoms with van der Waals surface area (Å²) in [6.45, 7) is 0. The number of phenols is 1. The lowest BCUT2D eigenvalue weighted by Crippen LogP contribution is -2.12. The average molecular weight is 407 g/mol. The van der Waals surface area contributed by atoms with Crippen molar-refractivity contribution in [1.82, 2.24) is 0 Å². The zero-order valence-electron chi connectivity index (χ0n) is 9.47. The average Bonchev–Trinajstić information content (AvgIpc) is 2.35. The van der Waals surface area contributed by atoms with Crippen LogP contribution in [0, 0.1) is 0 Å². The molecule has 0 saturated carbocycles. The summed E-state index contributed by atoms with van der Waals surface area (Å²) in [5.74, 6) is -0.150. The van der Waals surface area contributed by atoms with Gasteiger partial charge in [-0.1, -0.05) is 22.0 Å². The van der Waals surface area contributed by atoms with Crippen molar-refractivity contribution in [1.29, 1.82) is 0 Å². The molecule has 2 aromatic rings. The van der Waals surface area contributed by atoms with Crippen LogP contribution in [0.2, 0.25) is 0 Å². The highest BCUT2D eigenvalue weighted by atomic mass is 79.9. The topological polar surface area (TPSA) is 66.4 Å². The Morgan fingerprint density at radius 2 is 1.63 bits per heavy atom. The van der Waals surface area contributed by atoms with Gasteiger partial charge in [0.15, 0.2) is 5.75 Å². The van der Waals surface area contributed by atoms with E-state index in [1.54, 1.807) is 24.3 Å². The molecule has 0 radical (unpaired) electrons. The fourth-order valence-corrected chi connectivity index (χ4v) is 3.11. The monoisotopic (exact) mass is 405 g/mol. The maximum absolute atomic E-state index is 12.1. The van der Waals surface area contributed by atoms with E-state index in [1.165, 1.54) is 18.2 Å². The molecule has 0 aliphatic heterocycles. The number of para-hydroxylation sites is 1. The molecule has 0 aromatic heterocycles. The van der Waals surface area contributed by atoms with Crippen molar-refractivity contribution in [2.45, 2.75) is 4.90 Å². The highest BCUT2D eigenvalue weighted by Crippen LogP contribution is 2.33. The van der Waals surface area contributed by atoms with Gasteiger partial charge in [-0.3, -0.25) is 4.72 Å². The van der Waals surface area contributed by atoms with Gasteiger partial charge in [-0.15, -0.1) is 0 Å². The Balaban J connectivity index is 2.36. The van der Waals surface area contributed by atoms with Crippen molar-refractivity contribution in [3.05, 3.63) is 51.4 Å². The number of phenolic OH excluding ortho intramolecular Hbond substituents is 1. The molecule has 0 bridgehead atoms. The molecule has 0 aliphatic carbocycles. The number of benzene rings is 2. The minimum atomic E-state index is -3.72. The van der Waals surface area contributed by atoms with E-state index in [-0.39, 0.29) is 16.3 Å². The first-order chi connectivity index (χ1) is 8.90. The number of aromatic hydroxyl groups is 1. The van der Waals surface area contributed by atoms with Crippen molar-refractivity contribution in [2.24, 2.45) is 0 Å². The molecule has 2 N–H and O–H groups in total. The second-order valence-corrected chi connectivity index (χ2v) is 7.15. The molecule has 0 aliphatic rings. The van der Waals surface area contributed by atoms with E-state index in [0.29, 0.717) is 4.47 Å². The van der Waals surface area contributed by atoms with Gasteiger partial charge in [0.2, 0.25) is 0 Å². The maximum Gasteiger partial charge on any atom is 0.262 e. The SMILES string of the molecule is O=S(=O)(Nc1cccc(Br)c1O)c1ccc(Br)cc1. The molecule has 100 valence electrons. The lowest BCUT2D eigenvalue weighted by molar-refractivity contribution is 0.474. The molecule has 0 heterocycles. The predicted octanol–water partition coefficient (Wildman–Crippen LogP) is 3.72. The largest absolute Gasteiger partial charge is 0.505 e. The van der Waals surface area contributed by atoms with Crippen LogP contribution in [-0.4, -0.2) is 13.5 Å². The van der Waals surface area contributed by atoms with Crippen LogP contribution in [0.3, 0.4) is 0 Å². The summed E-state index contributed by atoms with van der Waals surface area (Å²) in [7, 11) is -3.72. The van der Waals surface area contributed by atoms with Gasteiger partial charge in [0.05, 0.1) is 15.1 Å². The van der Waals surface area contributed by atoms with Crippen LogP contribution < -0.4 is 4.72 Å². The zero-order chi connectivity index (χ0) is 14.0. The van der Waals surface area contributed by atoms with Gasteiger partial charge in [-0.25, -0.2) is 8.42 Å². The van der Waals surface area contributed by atoms with Crippen LogP contribution in [0.1, 0.15) is 0 Å². The van der Waals surface area contributed by atoms with Crippen LogP contribution in [0.15, 0.2) is 56.3 Å². The first-order valence-electron chi connectivity index (χ1n) is 5.16. The number of sulfonamides is 1. The van der Waals surface area contributed by atoms with Gasteiger partial charge in [0.1, 0.15) is 0 Å². The van der Waals surface area contributed by atoms with E-state index >= 15 is 0 Å². The van der Waals surface area contributed by atoms with Gasteiger partial charge in [-0.05, 0) is 52.3 Å². The van der Waals surface area contributed by atoms with E-state index in [4.69, 9.17) is 0 Å². The molecular formula is C12H9Br2NO3S. The summed E-state index contributed by atoms with van der Waals surface area (Å²) in [5, 5.41) is 9.77. The third kappa shape index (κ3) is 3.29. The Morgan fingerprint density at radius 1 is 1.00 bits per heavy atom. The Bertz CT molecular complexity index is 699. The molecule has 0 unspecified atom stereocenters. The Hall–Kier alpha value is -1.05. The molecule has 0 atom stereocenters. The minimum Gasteiger partial charge on any atom is -0.505 e. The van der Waals surface area contributed by atoms with Crippen LogP contribution in [0.4, 0.5) is 5.69 Å². The summed E-state index contributed by atoms with van der Waals surface area (Å²) in [5.41, 5.74) is 0.122. The standard InChI is InChI=1S/C12H9Br2NO3S/c13-8-4-6-9(7-5-8)19(17,18)15-11-3-1-2-10(14)12(11)16/h1-7,15-16H. The molecular weight excluding hydrogens is 398 g/mol. The van der Waals surface area contributed by atoms with E-state index in [1.807, 2.05) is 0 Å². The predicted molar refractivity (Wildman–Crippen MR) is 80.8 cm³/mol. The Morgan fingerprint density at radius 3 is 2.26 bits per heavy atom. The molecule has 0 spiro atoms. The smallest absolute Gasteiger partial charge is 0.262 e. The van der Waals surface area contributed by atoms with Gasteiger partial charge in [0.25, 0.3) is 10.0 Å². The number of hydrogen-bond acceptors (Lipinski definition) is 3. The summed E-state index contributed by atoms with van der Waals surface area (Å²) >= 11 is 6.37. The highest BCUT2D eigenvalue weighted by molar-refractivity contribution is 9.10. The van der Waals surface area contributed by atoms with Crippen molar-refractivity contribution >= 4 is 47.6 Å². The molecule has 2 rings (SSSR count). The van der Waals surface area contributed by atoms with E-state index in [9.17, 15) is 13.5 Å². The lowest BCUT2D eigenvalue weighted by atomic mass is 10.3. The van der Waals surface area contributed by atoms with Crippen molar-refractivity contribution in [3.63, 3.8) is 0 Å². The first-order valence-corrected chi connectivity index (χ1v) is 8.23. The fourth-order valence-electron chi connectivity index (χ4n) is 1.42. The number of nitrogens with one attached hydrogen (secondary N) is 1. The molecule has 0 fully saturated rings. The first kappa shape index (κ1) is 14.4. The second-order valence-electron chi connectivity index (χ2n) is 3.70. The van der Waals surface area contributed by atoms with Crippen molar-refractivity contribution < 1.29 is 13.5 Å². The molecule has 7 heteroatoms. The van der Waals surface area contributed by atoms with Gasteiger partial charge in [0, 0.05) is 4.47 Å². The summed E-state index contributed by atoms with van der Waals surface area (Å²) in [4.78, 5) is 0.120. The molecule has 0 amide bonds. The second kappa shape index (κ2) is 5.52. The van der Waals surface area contributed by atoms with E-state index < -0.39 is 10.0 Å². The normalized spacial score (nSPS) is 11.3. The van der Waals surface area contributed by atoms with E-state index in [0.717, 1.165) is 4.47 Å². The quantitative estimate of drug-likeness (QED) is 0.763. The molecule has 0 saturated heterocycles. The summed E-state index contributed by atoms with van der Waals surface area (Å²) < 4.78 is 27.8.